The molecule has 3 atom stereocenters. The fourth-order valence-electron chi connectivity index (χ4n) is 5.22. The van der Waals surface area contributed by atoms with E-state index < -0.39 is 24.0 Å². The van der Waals surface area contributed by atoms with Crippen molar-refractivity contribution in [2.75, 3.05) is 16.6 Å². The Labute approximate surface area is 221 Å². The summed E-state index contributed by atoms with van der Waals surface area (Å²) in [6, 6.07) is 25.4. The molecule has 186 valence electrons. The number of phenolic OH excluding ortho intramolecular Hbond substituents is 1. The molecule has 4 aromatic rings. The van der Waals surface area contributed by atoms with Crippen LogP contribution < -0.4 is 14.7 Å². The van der Waals surface area contributed by atoms with Gasteiger partial charge in [-0.2, -0.15) is 0 Å². The number of phenols is 1. The third kappa shape index (κ3) is 3.75. The van der Waals surface area contributed by atoms with Gasteiger partial charge in [0.1, 0.15) is 5.92 Å². The standard InChI is InChI=1S/C29H23BrN2O5/c1-2-36-23-16-18(15-21(30)26(23)33)25-24-27(37-32(25)19-11-4-3-5-12-19)29(35)31(28(24)34)22-14-8-10-17-9-6-7-13-20(17)22/h3-16,24-25,27,33H,2H2,1H3/t24-,25-,27-/m0/s1. The van der Waals surface area contributed by atoms with Gasteiger partial charge in [0.2, 0.25) is 5.91 Å². The van der Waals surface area contributed by atoms with Crippen LogP contribution in [0, 0.1) is 5.92 Å². The van der Waals surface area contributed by atoms with Crippen LogP contribution in [0.1, 0.15) is 18.5 Å². The Balaban J connectivity index is 1.49. The number of hydrogen-bond acceptors (Lipinski definition) is 6. The number of imide groups is 1. The van der Waals surface area contributed by atoms with Gasteiger partial charge in [0.05, 0.1) is 28.5 Å². The predicted molar refractivity (Wildman–Crippen MR) is 143 cm³/mol. The molecule has 0 bridgehead atoms. The van der Waals surface area contributed by atoms with Crippen molar-refractivity contribution in [2.45, 2.75) is 19.1 Å². The second kappa shape index (κ2) is 9.21. The molecule has 0 aliphatic carbocycles. The SMILES string of the molecule is CCOc1cc([C@H]2[C@@H]3C(=O)N(c4cccc5ccccc45)C(=O)[C@H]3ON2c2ccccc2)cc(Br)c1O. The summed E-state index contributed by atoms with van der Waals surface area (Å²) in [5.74, 6) is -1.29. The zero-order valence-corrected chi connectivity index (χ0v) is 21.5. The lowest BCUT2D eigenvalue weighted by atomic mass is 9.90. The summed E-state index contributed by atoms with van der Waals surface area (Å²) >= 11 is 3.41. The number of fused-ring (bicyclic) bond motifs is 2. The molecule has 2 amide bonds. The molecule has 0 radical (unpaired) electrons. The minimum absolute atomic E-state index is 0.0291. The van der Waals surface area contributed by atoms with Crippen LogP contribution in [-0.4, -0.2) is 29.6 Å². The number of carbonyl (C=O) groups is 2. The highest BCUT2D eigenvalue weighted by Gasteiger charge is 2.60. The van der Waals surface area contributed by atoms with Crippen molar-refractivity contribution < 1.29 is 24.3 Å². The molecule has 2 saturated heterocycles. The third-order valence-electron chi connectivity index (χ3n) is 6.83. The quantitative estimate of drug-likeness (QED) is 0.314. The monoisotopic (exact) mass is 558 g/mol. The smallest absolute Gasteiger partial charge is 0.266 e. The summed E-state index contributed by atoms with van der Waals surface area (Å²) in [5.41, 5.74) is 1.92. The van der Waals surface area contributed by atoms with Gasteiger partial charge in [-0.1, -0.05) is 54.6 Å². The van der Waals surface area contributed by atoms with E-state index in [0.29, 0.717) is 28.0 Å². The third-order valence-corrected chi connectivity index (χ3v) is 7.43. The maximum atomic E-state index is 14.1. The highest BCUT2D eigenvalue weighted by molar-refractivity contribution is 9.10. The van der Waals surface area contributed by atoms with Gasteiger partial charge in [-0.15, -0.1) is 0 Å². The van der Waals surface area contributed by atoms with Crippen molar-refractivity contribution in [3.8, 4) is 11.5 Å². The van der Waals surface area contributed by atoms with Crippen molar-refractivity contribution in [3.63, 3.8) is 0 Å². The van der Waals surface area contributed by atoms with Gasteiger partial charge in [0.25, 0.3) is 5.91 Å². The molecule has 4 aromatic carbocycles. The van der Waals surface area contributed by atoms with Crippen LogP contribution in [0.15, 0.2) is 89.4 Å². The molecule has 37 heavy (non-hydrogen) atoms. The molecular weight excluding hydrogens is 536 g/mol. The van der Waals surface area contributed by atoms with E-state index in [4.69, 9.17) is 9.57 Å². The number of carbonyl (C=O) groups excluding carboxylic acids is 2. The lowest BCUT2D eigenvalue weighted by Gasteiger charge is -2.29. The number of hydrogen-bond donors (Lipinski definition) is 1. The Kier molecular flexibility index (Phi) is 5.85. The second-order valence-electron chi connectivity index (χ2n) is 8.95. The first-order valence-corrected chi connectivity index (χ1v) is 12.8. The molecule has 7 nitrogen and oxygen atoms in total. The minimum atomic E-state index is -1.00. The highest BCUT2D eigenvalue weighted by atomic mass is 79.9. The largest absolute Gasteiger partial charge is 0.503 e. The molecule has 8 heteroatoms. The molecule has 0 unspecified atom stereocenters. The van der Waals surface area contributed by atoms with Crippen LogP contribution in [0.5, 0.6) is 11.5 Å². The van der Waals surface area contributed by atoms with E-state index in [9.17, 15) is 14.7 Å². The Morgan fingerprint density at radius 1 is 0.946 bits per heavy atom. The van der Waals surface area contributed by atoms with Crippen LogP contribution in [-0.2, 0) is 14.4 Å². The van der Waals surface area contributed by atoms with Gasteiger partial charge in [0.15, 0.2) is 17.6 Å². The van der Waals surface area contributed by atoms with Crippen molar-refractivity contribution >= 4 is 49.9 Å². The van der Waals surface area contributed by atoms with Gasteiger partial charge in [-0.25, -0.2) is 9.96 Å². The van der Waals surface area contributed by atoms with E-state index in [1.807, 2.05) is 73.7 Å². The van der Waals surface area contributed by atoms with E-state index in [1.54, 1.807) is 23.3 Å². The first-order valence-electron chi connectivity index (χ1n) is 12.0. The normalized spacial score (nSPS) is 21.1. The Hall–Kier alpha value is -3.88. The summed E-state index contributed by atoms with van der Waals surface area (Å²) in [4.78, 5) is 35.3. The molecule has 0 aromatic heterocycles. The van der Waals surface area contributed by atoms with Crippen molar-refractivity contribution in [1.29, 1.82) is 0 Å². The first-order chi connectivity index (χ1) is 18.0. The molecule has 1 N–H and O–H groups in total. The molecular formula is C29H23BrN2O5. The maximum Gasteiger partial charge on any atom is 0.266 e. The van der Waals surface area contributed by atoms with E-state index in [1.165, 1.54) is 4.90 Å². The Morgan fingerprint density at radius 3 is 2.46 bits per heavy atom. The summed E-state index contributed by atoms with van der Waals surface area (Å²) in [7, 11) is 0. The van der Waals surface area contributed by atoms with Crippen LogP contribution >= 0.6 is 15.9 Å². The van der Waals surface area contributed by atoms with E-state index >= 15 is 0 Å². The number of rotatable bonds is 5. The number of nitrogens with zero attached hydrogens (tertiary/aromatic N) is 2. The minimum Gasteiger partial charge on any atom is -0.503 e. The van der Waals surface area contributed by atoms with Crippen LogP contribution in [0.25, 0.3) is 10.8 Å². The number of hydroxylamine groups is 1. The molecule has 0 saturated carbocycles. The lowest BCUT2D eigenvalue weighted by molar-refractivity contribution is -0.126. The number of ether oxygens (including phenoxy) is 1. The number of benzene rings is 4. The van der Waals surface area contributed by atoms with Crippen molar-refractivity contribution in [2.24, 2.45) is 5.92 Å². The average Bonchev–Trinajstić information content (AvgIpc) is 3.42. The average molecular weight is 559 g/mol. The number of amides is 2. The summed E-state index contributed by atoms with van der Waals surface area (Å²) < 4.78 is 6.08. The van der Waals surface area contributed by atoms with Crippen LogP contribution in [0.3, 0.4) is 0 Å². The van der Waals surface area contributed by atoms with Crippen LogP contribution in [0.2, 0.25) is 0 Å². The number of para-hydroxylation sites is 1. The molecule has 2 aliphatic rings. The van der Waals surface area contributed by atoms with Gasteiger partial charge < -0.3 is 9.84 Å². The second-order valence-corrected chi connectivity index (χ2v) is 9.80. The zero-order chi connectivity index (χ0) is 25.7. The maximum absolute atomic E-state index is 14.1. The van der Waals surface area contributed by atoms with Crippen molar-refractivity contribution in [1.82, 2.24) is 0 Å². The molecule has 2 aliphatic heterocycles. The number of aromatic hydroxyl groups is 1. The summed E-state index contributed by atoms with van der Waals surface area (Å²) in [6.45, 7) is 2.18. The topological polar surface area (TPSA) is 79.3 Å². The summed E-state index contributed by atoms with van der Waals surface area (Å²) in [6.07, 6.45) is -1.00. The van der Waals surface area contributed by atoms with Gasteiger partial charge >= 0.3 is 0 Å². The van der Waals surface area contributed by atoms with E-state index in [-0.39, 0.29) is 17.4 Å². The molecule has 2 fully saturated rings. The summed E-state index contributed by atoms with van der Waals surface area (Å²) in [5, 5.41) is 13.9. The predicted octanol–water partition coefficient (Wildman–Crippen LogP) is 5.76. The number of halogens is 1. The Morgan fingerprint density at radius 2 is 1.68 bits per heavy atom. The van der Waals surface area contributed by atoms with Gasteiger partial charge in [-0.05, 0) is 64.1 Å². The Bertz CT molecular complexity index is 1520. The van der Waals surface area contributed by atoms with Gasteiger partial charge in [0, 0.05) is 5.39 Å². The fourth-order valence-corrected chi connectivity index (χ4v) is 5.68. The molecule has 2 heterocycles. The first kappa shape index (κ1) is 23.5. The lowest BCUT2D eigenvalue weighted by Crippen LogP contribution is -2.37. The molecule has 0 spiro atoms. The number of anilines is 2. The molecule has 6 rings (SSSR count). The van der Waals surface area contributed by atoms with Crippen molar-refractivity contribution in [3.05, 3.63) is 95.0 Å². The van der Waals surface area contributed by atoms with Crippen LogP contribution in [0.4, 0.5) is 11.4 Å². The van der Waals surface area contributed by atoms with Gasteiger partial charge in [-0.3, -0.25) is 14.4 Å². The zero-order valence-electron chi connectivity index (χ0n) is 19.9. The van der Waals surface area contributed by atoms with E-state index in [2.05, 4.69) is 15.9 Å². The fraction of sp³-hybridized carbons (Fsp3) is 0.172. The highest BCUT2D eigenvalue weighted by Crippen LogP contribution is 2.50. The van der Waals surface area contributed by atoms with E-state index in [0.717, 1.165) is 10.8 Å².